The Kier molecular flexibility index (Phi) is 5.22. The highest BCUT2D eigenvalue weighted by Crippen LogP contribution is 2.26. The second-order valence-electron chi connectivity index (χ2n) is 5.55. The topological polar surface area (TPSA) is 35.7 Å². The molecule has 2 fully saturated rings. The normalized spacial score (nSPS) is 23.5. The van der Waals surface area contributed by atoms with E-state index in [9.17, 15) is 0 Å². The van der Waals surface area contributed by atoms with E-state index in [2.05, 4.69) is 21.7 Å². The summed E-state index contributed by atoms with van der Waals surface area (Å²) in [4.78, 5) is 7.69. The Morgan fingerprint density at radius 1 is 1.12 bits per heavy atom. The lowest BCUT2D eigenvalue weighted by atomic mass is 10.3. The van der Waals surface area contributed by atoms with E-state index in [1.807, 2.05) is 0 Å². The van der Waals surface area contributed by atoms with Gasteiger partial charge >= 0.3 is 0 Å². The van der Waals surface area contributed by atoms with Crippen molar-refractivity contribution in [2.75, 3.05) is 59.4 Å². The molecule has 1 saturated carbocycles. The maximum absolute atomic E-state index is 5.61. The van der Waals surface area contributed by atoms with Crippen LogP contribution in [0.3, 0.4) is 0 Å². The Bertz CT molecular complexity index is 209. The molecule has 0 aromatic heterocycles. The van der Waals surface area contributed by atoms with Gasteiger partial charge in [-0.05, 0) is 39.4 Å². The number of piperazine rings is 1. The van der Waals surface area contributed by atoms with Gasteiger partial charge in [0.05, 0.1) is 0 Å². The van der Waals surface area contributed by atoms with Crippen molar-refractivity contribution in [3.05, 3.63) is 0 Å². The molecule has 2 aliphatic rings. The van der Waals surface area contributed by atoms with Crippen molar-refractivity contribution in [1.82, 2.24) is 14.7 Å². The molecule has 0 aromatic rings. The number of hydrogen-bond acceptors (Lipinski definition) is 4. The number of nitrogens with two attached hydrogens (primary N) is 1. The van der Waals surface area contributed by atoms with Crippen molar-refractivity contribution in [1.29, 1.82) is 0 Å². The largest absolute Gasteiger partial charge is 0.330 e. The van der Waals surface area contributed by atoms with Crippen LogP contribution < -0.4 is 5.73 Å². The van der Waals surface area contributed by atoms with Gasteiger partial charge in [0, 0.05) is 45.3 Å². The van der Waals surface area contributed by atoms with E-state index in [-0.39, 0.29) is 0 Å². The second kappa shape index (κ2) is 6.69. The van der Waals surface area contributed by atoms with Gasteiger partial charge in [0.25, 0.3) is 0 Å². The lowest BCUT2D eigenvalue weighted by molar-refractivity contribution is 0.132. The van der Waals surface area contributed by atoms with Crippen LogP contribution in [0.1, 0.15) is 19.3 Å². The molecule has 4 heteroatoms. The van der Waals surface area contributed by atoms with E-state index in [1.54, 1.807) is 0 Å². The summed E-state index contributed by atoms with van der Waals surface area (Å²) in [6.45, 7) is 9.46. The Balaban J connectivity index is 1.64. The second-order valence-corrected chi connectivity index (χ2v) is 5.55. The molecule has 0 spiro atoms. The quantitative estimate of drug-likeness (QED) is 0.682. The minimum absolute atomic E-state index is 0.831. The van der Waals surface area contributed by atoms with Crippen molar-refractivity contribution in [3.8, 4) is 0 Å². The molecule has 1 aliphatic carbocycles. The minimum Gasteiger partial charge on any atom is -0.330 e. The molecule has 0 radical (unpaired) electrons. The molecule has 0 amide bonds. The lowest BCUT2D eigenvalue weighted by Gasteiger charge is -2.34. The molecule has 1 aliphatic heterocycles. The fourth-order valence-electron chi connectivity index (χ4n) is 2.55. The maximum atomic E-state index is 5.61. The predicted molar refractivity (Wildman–Crippen MR) is 72.2 cm³/mol. The standard InChI is InChI=1S/C13H28N4/c1-15-7-9-16(10-8-15)11-12-17(6-2-5-14)13-3-4-13/h13H,2-12,14H2,1H3. The van der Waals surface area contributed by atoms with Crippen LogP contribution >= 0.6 is 0 Å². The monoisotopic (exact) mass is 240 g/mol. The summed E-state index contributed by atoms with van der Waals surface area (Å²) in [5, 5.41) is 0. The molecule has 2 rings (SSSR count). The summed E-state index contributed by atoms with van der Waals surface area (Å²) in [5.74, 6) is 0. The van der Waals surface area contributed by atoms with Crippen LogP contribution in [0.5, 0.6) is 0 Å². The van der Waals surface area contributed by atoms with Crippen LogP contribution in [0.4, 0.5) is 0 Å². The Morgan fingerprint density at radius 2 is 1.82 bits per heavy atom. The van der Waals surface area contributed by atoms with E-state index in [0.717, 1.165) is 19.0 Å². The van der Waals surface area contributed by atoms with Gasteiger partial charge in [0.2, 0.25) is 0 Å². The highest BCUT2D eigenvalue weighted by molar-refractivity contribution is 4.85. The average Bonchev–Trinajstić information content (AvgIpc) is 3.16. The van der Waals surface area contributed by atoms with Crippen LogP contribution in [0.2, 0.25) is 0 Å². The molecule has 1 heterocycles. The van der Waals surface area contributed by atoms with Crippen molar-refractivity contribution in [2.45, 2.75) is 25.3 Å². The molecular weight excluding hydrogens is 212 g/mol. The summed E-state index contributed by atoms with van der Waals surface area (Å²) in [7, 11) is 2.22. The van der Waals surface area contributed by atoms with Gasteiger partial charge in [-0.15, -0.1) is 0 Å². The van der Waals surface area contributed by atoms with E-state index < -0.39 is 0 Å². The number of nitrogens with zero attached hydrogens (tertiary/aromatic N) is 3. The van der Waals surface area contributed by atoms with Gasteiger partial charge in [0.15, 0.2) is 0 Å². The fourth-order valence-corrected chi connectivity index (χ4v) is 2.55. The Labute approximate surface area is 106 Å². The first kappa shape index (κ1) is 13.3. The van der Waals surface area contributed by atoms with Gasteiger partial charge in [0.1, 0.15) is 0 Å². The molecule has 1 saturated heterocycles. The number of likely N-dealkylation sites (N-methyl/N-ethyl adjacent to an activating group) is 1. The Morgan fingerprint density at radius 3 is 2.41 bits per heavy atom. The fraction of sp³-hybridized carbons (Fsp3) is 1.00. The molecule has 100 valence electrons. The van der Waals surface area contributed by atoms with E-state index >= 15 is 0 Å². The van der Waals surface area contributed by atoms with Gasteiger partial charge in [-0.25, -0.2) is 0 Å². The van der Waals surface area contributed by atoms with Gasteiger partial charge in [-0.1, -0.05) is 0 Å². The first-order valence-electron chi connectivity index (χ1n) is 7.14. The first-order chi connectivity index (χ1) is 8.29. The minimum atomic E-state index is 0.831. The maximum Gasteiger partial charge on any atom is 0.0112 e. The molecule has 0 bridgehead atoms. The van der Waals surface area contributed by atoms with Crippen LogP contribution in [-0.4, -0.2) is 80.1 Å². The van der Waals surface area contributed by atoms with E-state index in [0.29, 0.717) is 0 Å². The molecule has 4 nitrogen and oxygen atoms in total. The molecule has 0 aromatic carbocycles. The third-order valence-electron chi connectivity index (χ3n) is 4.01. The molecular formula is C13H28N4. The summed E-state index contributed by atoms with van der Waals surface area (Å²) in [5.41, 5.74) is 5.61. The summed E-state index contributed by atoms with van der Waals surface area (Å²) in [6, 6.07) is 0.883. The van der Waals surface area contributed by atoms with E-state index in [1.165, 1.54) is 58.7 Å². The zero-order chi connectivity index (χ0) is 12.1. The molecule has 17 heavy (non-hydrogen) atoms. The van der Waals surface area contributed by atoms with Crippen molar-refractivity contribution in [3.63, 3.8) is 0 Å². The highest BCUT2D eigenvalue weighted by Gasteiger charge is 2.28. The van der Waals surface area contributed by atoms with Crippen LogP contribution in [0.15, 0.2) is 0 Å². The van der Waals surface area contributed by atoms with Crippen molar-refractivity contribution < 1.29 is 0 Å². The average molecular weight is 240 g/mol. The molecule has 2 N–H and O–H groups in total. The van der Waals surface area contributed by atoms with Crippen LogP contribution in [0.25, 0.3) is 0 Å². The third-order valence-corrected chi connectivity index (χ3v) is 4.01. The van der Waals surface area contributed by atoms with Crippen LogP contribution in [0, 0.1) is 0 Å². The van der Waals surface area contributed by atoms with Crippen LogP contribution in [-0.2, 0) is 0 Å². The van der Waals surface area contributed by atoms with Gasteiger partial charge in [-0.3, -0.25) is 9.80 Å². The lowest BCUT2D eigenvalue weighted by Crippen LogP contribution is -2.47. The zero-order valence-electron chi connectivity index (χ0n) is 11.3. The van der Waals surface area contributed by atoms with Gasteiger partial charge < -0.3 is 10.6 Å². The van der Waals surface area contributed by atoms with Gasteiger partial charge in [-0.2, -0.15) is 0 Å². The van der Waals surface area contributed by atoms with Crippen molar-refractivity contribution >= 4 is 0 Å². The summed E-state index contributed by atoms with van der Waals surface area (Å²) < 4.78 is 0. The number of rotatable bonds is 7. The third kappa shape index (κ3) is 4.54. The smallest absolute Gasteiger partial charge is 0.0112 e. The van der Waals surface area contributed by atoms with Crippen molar-refractivity contribution in [2.24, 2.45) is 5.73 Å². The molecule has 0 unspecified atom stereocenters. The van der Waals surface area contributed by atoms with E-state index in [4.69, 9.17) is 5.73 Å². The highest BCUT2D eigenvalue weighted by atomic mass is 15.3. The number of hydrogen-bond donors (Lipinski definition) is 1. The summed E-state index contributed by atoms with van der Waals surface area (Å²) in [6.07, 6.45) is 3.97. The SMILES string of the molecule is CN1CCN(CCN(CCCN)C2CC2)CC1. The zero-order valence-corrected chi connectivity index (χ0v) is 11.3. The first-order valence-corrected chi connectivity index (χ1v) is 7.14. The molecule has 0 atom stereocenters. The Hall–Kier alpha value is -0.160. The predicted octanol–water partition coefficient (Wildman–Crippen LogP) is 0.0470. The summed E-state index contributed by atoms with van der Waals surface area (Å²) >= 11 is 0.